The Morgan fingerprint density at radius 3 is 2.34 bits per heavy atom. The average Bonchev–Trinajstić information content (AvgIpc) is 3.58. The zero-order valence-corrected chi connectivity index (χ0v) is 20.7. The number of carbonyl (C=O) groups excluding carboxylic acids is 2. The van der Waals surface area contributed by atoms with Gasteiger partial charge in [0.25, 0.3) is 5.91 Å². The van der Waals surface area contributed by atoms with Crippen LogP contribution in [0.2, 0.25) is 0 Å². The van der Waals surface area contributed by atoms with Crippen LogP contribution in [0.1, 0.15) is 59.0 Å². The number of aryl methyl sites for hydroxylation is 2. The lowest BCUT2D eigenvalue weighted by Crippen LogP contribution is -2.46. The van der Waals surface area contributed by atoms with Crippen LogP contribution >= 0.6 is 0 Å². The first-order valence-electron chi connectivity index (χ1n) is 11.9. The molecule has 7 heteroatoms. The van der Waals surface area contributed by atoms with E-state index in [9.17, 15) is 9.59 Å². The molecule has 35 heavy (non-hydrogen) atoms. The van der Waals surface area contributed by atoms with Crippen molar-refractivity contribution in [2.24, 2.45) is 0 Å². The van der Waals surface area contributed by atoms with E-state index in [1.807, 2.05) is 32.0 Å². The summed E-state index contributed by atoms with van der Waals surface area (Å²) < 4.78 is 16.4. The van der Waals surface area contributed by atoms with Crippen LogP contribution in [0.5, 0.6) is 11.5 Å². The Hall–Kier alpha value is -3.74. The third-order valence-corrected chi connectivity index (χ3v) is 6.65. The van der Waals surface area contributed by atoms with Gasteiger partial charge in [-0.1, -0.05) is 25.0 Å². The molecule has 0 radical (unpaired) electrons. The number of anilines is 1. The molecule has 0 unspecified atom stereocenters. The van der Waals surface area contributed by atoms with Gasteiger partial charge >= 0.3 is 0 Å². The number of methoxy groups -OCH3 is 2. The van der Waals surface area contributed by atoms with Crippen molar-refractivity contribution >= 4 is 17.5 Å². The minimum Gasteiger partial charge on any atom is -0.493 e. The number of nitrogens with one attached hydrogen (secondary N) is 1. The van der Waals surface area contributed by atoms with E-state index in [0.29, 0.717) is 22.7 Å². The molecule has 0 aliphatic heterocycles. The Bertz CT molecular complexity index is 1180. The number of ether oxygens (including phenoxy) is 2. The molecule has 1 aromatic heterocycles. The molecule has 0 bridgehead atoms. The summed E-state index contributed by atoms with van der Waals surface area (Å²) in [5.74, 6) is 0.527. The van der Waals surface area contributed by atoms with Gasteiger partial charge in [-0.05, 0) is 79.8 Å². The Morgan fingerprint density at radius 1 is 0.971 bits per heavy atom. The lowest BCUT2D eigenvalue weighted by molar-refractivity contribution is -0.123. The third-order valence-electron chi connectivity index (χ3n) is 6.65. The molecule has 184 valence electrons. The van der Waals surface area contributed by atoms with E-state index in [1.165, 1.54) is 11.2 Å². The second-order valence-corrected chi connectivity index (χ2v) is 8.93. The van der Waals surface area contributed by atoms with Crippen molar-refractivity contribution in [2.45, 2.75) is 51.6 Å². The van der Waals surface area contributed by atoms with Crippen LogP contribution in [-0.4, -0.2) is 32.1 Å². The number of hydrogen-bond donors (Lipinski definition) is 1. The molecule has 2 aromatic carbocycles. The molecule has 1 saturated carbocycles. The van der Waals surface area contributed by atoms with E-state index >= 15 is 0 Å². The van der Waals surface area contributed by atoms with Crippen LogP contribution < -0.4 is 19.7 Å². The number of hydrogen-bond acceptors (Lipinski definition) is 5. The minimum atomic E-state index is -0.949. The van der Waals surface area contributed by atoms with Gasteiger partial charge in [0.05, 0.1) is 20.5 Å². The SMILES string of the molecule is COc1ccc([C@@H](C(=O)NC2CCCC2)N(C(=O)c2ccco2)c2ccc(C)c(C)c2)cc1OC. The molecule has 0 spiro atoms. The fourth-order valence-corrected chi connectivity index (χ4v) is 4.57. The molecular weight excluding hydrogens is 444 g/mol. The van der Waals surface area contributed by atoms with Crippen LogP contribution in [-0.2, 0) is 4.79 Å². The van der Waals surface area contributed by atoms with Crippen molar-refractivity contribution in [1.29, 1.82) is 0 Å². The molecule has 1 aliphatic carbocycles. The summed E-state index contributed by atoms with van der Waals surface area (Å²) in [4.78, 5) is 29.2. The van der Waals surface area contributed by atoms with E-state index in [0.717, 1.165) is 36.8 Å². The highest BCUT2D eigenvalue weighted by molar-refractivity contribution is 6.08. The number of nitrogens with zero attached hydrogens (tertiary/aromatic N) is 1. The van der Waals surface area contributed by atoms with E-state index in [4.69, 9.17) is 13.9 Å². The normalized spacial score (nSPS) is 14.4. The van der Waals surface area contributed by atoms with Crippen LogP contribution in [0.15, 0.2) is 59.2 Å². The quantitative estimate of drug-likeness (QED) is 0.473. The molecular formula is C28H32N2O5. The summed E-state index contributed by atoms with van der Waals surface area (Å²) >= 11 is 0. The maximum absolute atomic E-state index is 13.9. The average molecular weight is 477 g/mol. The monoisotopic (exact) mass is 476 g/mol. The number of amides is 2. The van der Waals surface area contributed by atoms with Gasteiger partial charge in [-0.3, -0.25) is 14.5 Å². The van der Waals surface area contributed by atoms with E-state index in [2.05, 4.69) is 5.32 Å². The van der Waals surface area contributed by atoms with Gasteiger partial charge in [-0.25, -0.2) is 0 Å². The summed E-state index contributed by atoms with van der Waals surface area (Å²) in [6, 6.07) is 13.4. The van der Waals surface area contributed by atoms with Crippen molar-refractivity contribution in [3.63, 3.8) is 0 Å². The Kier molecular flexibility index (Phi) is 7.44. The van der Waals surface area contributed by atoms with E-state index in [-0.39, 0.29) is 17.7 Å². The summed E-state index contributed by atoms with van der Waals surface area (Å²) in [7, 11) is 3.11. The molecule has 1 atom stereocenters. The van der Waals surface area contributed by atoms with Gasteiger partial charge in [-0.2, -0.15) is 0 Å². The second kappa shape index (κ2) is 10.7. The van der Waals surface area contributed by atoms with Crippen molar-refractivity contribution in [1.82, 2.24) is 5.32 Å². The summed E-state index contributed by atoms with van der Waals surface area (Å²) in [5.41, 5.74) is 3.33. The third kappa shape index (κ3) is 5.19. The van der Waals surface area contributed by atoms with Gasteiger partial charge in [0.2, 0.25) is 5.91 Å². The van der Waals surface area contributed by atoms with Crippen molar-refractivity contribution in [3.8, 4) is 11.5 Å². The molecule has 0 saturated heterocycles. The zero-order valence-electron chi connectivity index (χ0n) is 20.7. The van der Waals surface area contributed by atoms with Crippen LogP contribution in [0, 0.1) is 13.8 Å². The maximum atomic E-state index is 13.9. The first-order chi connectivity index (χ1) is 16.9. The predicted molar refractivity (Wildman–Crippen MR) is 134 cm³/mol. The number of carbonyl (C=O) groups is 2. The van der Waals surface area contributed by atoms with Gasteiger partial charge in [0, 0.05) is 11.7 Å². The standard InChI is InChI=1S/C28H32N2O5/c1-18-11-13-22(16-19(18)2)30(28(32)24-10-7-15-35-24)26(27(31)29-21-8-5-6-9-21)20-12-14-23(33-3)25(17-20)34-4/h7,10-17,21,26H,5-6,8-9H2,1-4H3,(H,29,31)/t26-/m0/s1. The highest BCUT2D eigenvalue weighted by atomic mass is 16.5. The fourth-order valence-electron chi connectivity index (χ4n) is 4.57. The highest BCUT2D eigenvalue weighted by Gasteiger charge is 2.36. The Morgan fingerprint density at radius 2 is 1.71 bits per heavy atom. The number of benzene rings is 2. The first kappa shape index (κ1) is 24.4. The predicted octanol–water partition coefficient (Wildman–Crippen LogP) is 5.36. The summed E-state index contributed by atoms with van der Waals surface area (Å²) in [6.45, 7) is 3.99. The lowest BCUT2D eigenvalue weighted by Gasteiger charge is -2.32. The minimum absolute atomic E-state index is 0.0884. The van der Waals surface area contributed by atoms with E-state index < -0.39 is 11.9 Å². The second-order valence-electron chi connectivity index (χ2n) is 8.93. The molecule has 1 N–H and O–H groups in total. The largest absolute Gasteiger partial charge is 0.493 e. The molecule has 7 nitrogen and oxygen atoms in total. The number of rotatable bonds is 8. The van der Waals surface area contributed by atoms with Crippen molar-refractivity contribution in [2.75, 3.05) is 19.1 Å². The molecule has 4 rings (SSSR count). The van der Waals surface area contributed by atoms with Crippen molar-refractivity contribution in [3.05, 3.63) is 77.2 Å². The molecule has 3 aromatic rings. The first-order valence-corrected chi connectivity index (χ1v) is 11.9. The smallest absolute Gasteiger partial charge is 0.294 e. The van der Waals surface area contributed by atoms with Crippen LogP contribution in [0.25, 0.3) is 0 Å². The van der Waals surface area contributed by atoms with Crippen molar-refractivity contribution < 1.29 is 23.5 Å². The summed E-state index contributed by atoms with van der Waals surface area (Å²) in [6.07, 6.45) is 5.48. The van der Waals surface area contributed by atoms with Crippen LogP contribution in [0.4, 0.5) is 5.69 Å². The molecule has 1 aliphatic rings. The Balaban J connectivity index is 1.86. The molecule has 2 amide bonds. The molecule has 1 heterocycles. The van der Waals surface area contributed by atoms with E-state index in [1.54, 1.807) is 44.6 Å². The topological polar surface area (TPSA) is 81.0 Å². The lowest BCUT2D eigenvalue weighted by atomic mass is 10.00. The number of furan rings is 1. The van der Waals surface area contributed by atoms with Gasteiger partial charge < -0.3 is 19.2 Å². The highest BCUT2D eigenvalue weighted by Crippen LogP contribution is 2.36. The maximum Gasteiger partial charge on any atom is 0.294 e. The van der Waals surface area contributed by atoms with Gasteiger partial charge in [0.15, 0.2) is 17.3 Å². The Labute approximate surface area is 206 Å². The summed E-state index contributed by atoms with van der Waals surface area (Å²) in [5, 5.41) is 3.18. The van der Waals surface area contributed by atoms with Gasteiger partial charge in [0.1, 0.15) is 6.04 Å². The zero-order chi connectivity index (χ0) is 24.9. The molecule has 1 fully saturated rings. The van der Waals surface area contributed by atoms with Gasteiger partial charge in [-0.15, -0.1) is 0 Å². The van der Waals surface area contributed by atoms with Crippen LogP contribution in [0.3, 0.4) is 0 Å². The fraction of sp³-hybridized carbons (Fsp3) is 0.357.